The summed E-state index contributed by atoms with van der Waals surface area (Å²) in [4.78, 5) is 0. The van der Waals surface area contributed by atoms with Crippen molar-refractivity contribution in [1.29, 1.82) is 0 Å². The molecule has 0 aliphatic heterocycles. The first kappa shape index (κ1) is 27.6. The monoisotopic (exact) mass is 564 g/mol. The molecule has 0 N–H and O–H groups in total. The maximum absolute atomic E-state index is 2.43. The number of fused-ring (bicyclic) bond motifs is 3. The molecule has 8 rings (SSSR count). The predicted octanol–water partition coefficient (Wildman–Crippen LogP) is 12.8. The SMILES string of the molecule is C1=C(c2ccccc2)CCC=C1c1c2ccccc2c(-c2cccc(-c3ccc4ccccc4c3)c2)c2ccccc12.CC. The van der Waals surface area contributed by atoms with E-state index in [-0.39, 0.29) is 0 Å². The molecule has 0 atom stereocenters. The zero-order valence-electron chi connectivity index (χ0n) is 25.4. The van der Waals surface area contributed by atoms with Gasteiger partial charge >= 0.3 is 0 Å². The van der Waals surface area contributed by atoms with Gasteiger partial charge in [-0.25, -0.2) is 0 Å². The molecule has 0 saturated carbocycles. The Balaban J connectivity index is 0.00000153. The standard InChI is InChI=1S/C42H30.C2H6/c1-2-12-29(13-3-1)32-16-10-18-35(27-32)41-37-20-6-8-22-39(37)42(40-23-9-7-21-38(40)41)36-19-11-17-33(28-36)34-25-24-30-14-4-5-15-31(30)26-34;1-2/h1-9,11-15,17-28H,10,16H2;1-2H3. The topological polar surface area (TPSA) is 0 Å². The van der Waals surface area contributed by atoms with Crippen LogP contribution in [0.15, 0.2) is 158 Å². The minimum Gasteiger partial charge on any atom is -0.0763 e. The Kier molecular flexibility index (Phi) is 7.65. The van der Waals surface area contributed by atoms with E-state index in [1.807, 2.05) is 13.8 Å². The first-order valence-corrected chi connectivity index (χ1v) is 15.8. The average Bonchev–Trinajstić information content (AvgIpc) is 3.11. The Bertz CT molecular complexity index is 2120. The fourth-order valence-electron chi connectivity index (χ4n) is 6.73. The van der Waals surface area contributed by atoms with E-state index in [2.05, 4.69) is 158 Å². The molecule has 0 spiro atoms. The molecular weight excluding hydrogens is 528 g/mol. The Morgan fingerprint density at radius 1 is 0.409 bits per heavy atom. The van der Waals surface area contributed by atoms with E-state index in [4.69, 9.17) is 0 Å². The van der Waals surface area contributed by atoms with Crippen LogP contribution in [0, 0.1) is 0 Å². The van der Waals surface area contributed by atoms with Gasteiger partial charge < -0.3 is 0 Å². The van der Waals surface area contributed by atoms with Crippen LogP contribution in [-0.2, 0) is 0 Å². The molecule has 7 aromatic carbocycles. The third kappa shape index (κ3) is 5.03. The number of allylic oxidation sites excluding steroid dienone is 4. The van der Waals surface area contributed by atoms with Gasteiger partial charge in [-0.1, -0.05) is 159 Å². The summed E-state index contributed by atoms with van der Waals surface area (Å²) in [5.74, 6) is 0. The molecule has 0 fully saturated rings. The van der Waals surface area contributed by atoms with Crippen molar-refractivity contribution in [3.63, 3.8) is 0 Å². The summed E-state index contributed by atoms with van der Waals surface area (Å²) in [6, 6.07) is 53.2. The second kappa shape index (κ2) is 12.2. The summed E-state index contributed by atoms with van der Waals surface area (Å²) in [5.41, 5.74) is 10.4. The Labute approximate surface area is 260 Å². The van der Waals surface area contributed by atoms with Gasteiger partial charge in [0.2, 0.25) is 0 Å². The van der Waals surface area contributed by atoms with Gasteiger partial charge in [0, 0.05) is 0 Å². The van der Waals surface area contributed by atoms with Gasteiger partial charge in [0.05, 0.1) is 0 Å². The van der Waals surface area contributed by atoms with E-state index in [9.17, 15) is 0 Å². The fraction of sp³-hybridized carbons (Fsp3) is 0.0909. The van der Waals surface area contributed by atoms with Crippen LogP contribution in [0.4, 0.5) is 0 Å². The second-order valence-corrected chi connectivity index (χ2v) is 11.2. The predicted molar refractivity (Wildman–Crippen MR) is 193 cm³/mol. The van der Waals surface area contributed by atoms with Crippen LogP contribution in [0.2, 0.25) is 0 Å². The molecule has 0 radical (unpaired) electrons. The van der Waals surface area contributed by atoms with Gasteiger partial charge in [0.15, 0.2) is 0 Å². The molecule has 44 heavy (non-hydrogen) atoms. The van der Waals surface area contributed by atoms with Gasteiger partial charge in [-0.2, -0.15) is 0 Å². The lowest BCUT2D eigenvalue weighted by molar-refractivity contribution is 1.06. The van der Waals surface area contributed by atoms with E-state index in [0.717, 1.165) is 12.8 Å². The lowest BCUT2D eigenvalue weighted by atomic mass is 9.83. The number of hydrogen-bond donors (Lipinski definition) is 0. The molecule has 1 aliphatic carbocycles. The number of rotatable bonds is 4. The lowest BCUT2D eigenvalue weighted by Crippen LogP contribution is -1.97. The third-order valence-corrected chi connectivity index (χ3v) is 8.71. The summed E-state index contributed by atoms with van der Waals surface area (Å²) >= 11 is 0. The van der Waals surface area contributed by atoms with Crippen LogP contribution in [-0.4, -0.2) is 0 Å². The summed E-state index contributed by atoms with van der Waals surface area (Å²) in [6.45, 7) is 4.00. The highest BCUT2D eigenvalue weighted by molar-refractivity contribution is 6.20. The largest absolute Gasteiger partial charge is 0.0763 e. The summed E-state index contributed by atoms with van der Waals surface area (Å²) in [7, 11) is 0. The van der Waals surface area contributed by atoms with Crippen molar-refractivity contribution in [3.05, 3.63) is 169 Å². The third-order valence-electron chi connectivity index (χ3n) is 8.71. The molecule has 0 unspecified atom stereocenters. The highest BCUT2D eigenvalue weighted by Gasteiger charge is 2.19. The van der Waals surface area contributed by atoms with Crippen molar-refractivity contribution in [2.24, 2.45) is 0 Å². The normalized spacial score (nSPS) is 12.9. The van der Waals surface area contributed by atoms with E-state index in [1.165, 1.54) is 76.8 Å². The van der Waals surface area contributed by atoms with E-state index < -0.39 is 0 Å². The zero-order chi connectivity index (χ0) is 29.9. The minimum absolute atomic E-state index is 1.05. The first-order valence-electron chi connectivity index (χ1n) is 15.8. The van der Waals surface area contributed by atoms with Crippen molar-refractivity contribution in [2.75, 3.05) is 0 Å². The molecule has 0 nitrogen and oxygen atoms in total. The second-order valence-electron chi connectivity index (χ2n) is 11.2. The lowest BCUT2D eigenvalue weighted by Gasteiger charge is -2.21. The van der Waals surface area contributed by atoms with Gasteiger partial charge in [-0.15, -0.1) is 0 Å². The van der Waals surface area contributed by atoms with Crippen molar-refractivity contribution in [3.8, 4) is 22.3 Å². The Hall–Kier alpha value is -5.20. The highest BCUT2D eigenvalue weighted by Crippen LogP contribution is 2.44. The molecule has 0 saturated heterocycles. The van der Waals surface area contributed by atoms with Gasteiger partial charge in [0.1, 0.15) is 0 Å². The Morgan fingerprint density at radius 3 is 1.66 bits per heavy atom. The quantitative estimate of drug-likeness (QED) is 0.187. The van der Waals surface area contributed by atoms with Gasteiger partial charge in [0.25, 0.3) is 0 Å². The van der Waals surface area contributed by atoms with Crippen LogP contribution in [0.5, 0.6) is 0 Å². The molecule has 0 aromatic heterocycles. The number of hydrogen-bond acceptors (Lipinski definition) is 0. The van der Waals surface area contributed by atoms with Crippen LogP contribution in [0.3, 0.4) is 0 Å². The van der Waals surface area contributed by atoms with Crippen molar-refractivity contribution in [2.45, 2.75) is 26.7 Å². The molecular formula is C44H36. The van der Waals surface area contributed by atoms with Gasteiger partial charge in [-0.05, 0) is 102 Å². The van der Waals surface area contributed by atoms with Crippen LogP contribution in [0.25, 0.3) is 65.7 Å². The number of benzene rings is 7. The first-order chi connectivity index (χ1) is 21.8. The summed E-state index contributed by atoms with van der Waals surface area (Å²) in [6.07, 6.45) is 6.98. The fourth-order valence-corrected chi connectivity index (χ4v) is 6.73. The summed E-state index contributed by atoms with van der Waals surface area (Å²) < 4.78 is 0. The summed E-state index contributed by atoms with van der Waals surface area (Å²) in [5, 5.41) is 7.74. The van der Waals surface area contributed by atoms with Crippen molar-refractivity contribution < 1.29 is 0 Å². The smallest absolute Gasteiger partial charge is 0.00262 e. The molecule has 7 aromatic rings. The maximum Gasteiger partial charge on any atom is -0.00262 e. The van der Waals surface area contributed by atoms with Crippen LogP contribution < -0.4 is 0 Å². The molecule has 0 amide bonds. The zero-order valence-corrected chi connectivity index (χ0v) is 25.4. The van der Waals surface area contributed by atoms with Gasteiger partial charge in [-0.3, -0.25) is 0 Å². The minimum atomic E-state index is 1.05. The molecule has 212 valence electrons. The van der Waals surface area contributed by atoms with E-state index >= 15 is 0 Å². The molecule has 0 heterocycles. The van der Waals surface area contributed by atoms with E-state index in [0.29, 0.717) is 0 Å². The van der Waals surface area contributed by atoms with Crippen molar-refractivity contribution in [1.82, 2.24) is 0 Å². The maximum atomic E-state index is 2.43. The van der Waals surface area contributed by atoms with Crippen LogP contribution in [0.1, 0.15) is 37.8 Å². The molecule has 1 aliphatic rings. The van der Waals surface area contributed by atoms with Crippen LogP contribution >= 0.6 is 0 Å². The van der Waals surface area contributed by atoms with E-state index in [1.54, 1.807) is 0 Å². The molecule has 0 heteroatoms. The average molecular weight is 565 g/mol. The Morgan fingerprint density at radius 2 is 0.955 bits per heavy atom. The highest BCUT2D eigenvalue weighted by atomic mass is 14.2. The van der Waals surface area contributed by atoms with Crippen molar-refractivity contribution >= 4 is 43.5 Å². The molecule has 0 bridgehead atoms.